The van der Waals surface area contributed by atoms with Crippen LogP contribution in [-0.2, 0) is 29.8 Å². The molecule has 3 rings (SSSR count). The van der Waals surface area contributed by atoms with E-state index in [-0.39, 0.29) is 35.8 Å². The fraction of sp³-hybridized carbons (Fsp3) is 0.310. The number of rotatable bonds is 12. The Labute approximate surface area is 243 Å². The first-order valence-electron chi connectivity index (χ1n) is 12.8. The van der Waals surface area contributed by atoms with Gasteiger partial charge < -0.3 is 25.2 Å². The quantitative estimate of drug-likeness (QED) is 0.105. The van der Waals surface area contributed by atoms with Gasteiger partial charge in [-0.05, 0) is 40.6 Å². The maximum Gasteiger partial charge on any atom is 0.312 e. The molecule has 0 bridgehead atoms. The molecule has 0 fully saturated rings. The number of carbonyl (C=O) groups is 4. The van der Waals surface area contributed by atoms with Crippen LogP contribution in [0.15, 0.2) is 48.5 Å². The molecular formula is C29H33N3O9S. The number of benzene rings is 3. The summed E-state index contributed by atoms with van der Waals surface area (Å²) in [7, 11) is -2.37. The Balaban J connectivity index is 1.89. The Hall–Kier alpha value is -4.65. The van der Waals surface area contributed by atoms with Gasteiger partial charge in [0.05, 0.1) is 31.3 Å². The van der Waals surface area contributed by atoms with Crippen molar-refractivity contribution in [1.82, 2.24) is 5.32 Å². The maximum absolute atomic E-state index is 13.4. The molecule has 13 heteroatoms. The smallest absolute Gasteiger partial charge is 0.312 e. The maximum atomic E-state index is 13.4. The lowest BCUT2D eigenvalue weighted by Crippen LogP contribution is -2.29. The second-order valence-corrected chi connectivity index (χ2v) is 12.2. The predicted molar refractivity (Wildman–Crippen MR) is 158 cm³/mol. The lowest BCUT2D eigenvalue weighted by atomic mass is 9.86. The van der Waals surface area contributed by atoms with Gasteiger partial charge in [0.2, 0.25) is 15.9 Å². The number of ether oxygens (including phenoxy) is 2. The molecule has 3 aromatic carbocycles. The fourth-order valence-electron chi connectivity index (χ4n) is 4.10. The van der Waals surface area contributed by atoms with Crippen LogP contribution >= 0.6 is 0 Å². The first kappa shape index (κ1) is 31.9. The number of carboxylic acid groups (broad SMARTS) is 1. The molecule has 42 heavy (non-hydrogen) atoms. The third-order valence-corrected chi connectivity index (χ3v) is 6.62. The Morgan fingerprint density at radius 1 is 0.952 bits per heavy atom. The van der Waals surface area contributed by atoms with E-state index in [1.54, 1.807) is 36.4 Å². The summed E-state index contributed by atoms with van der Waals surface area (Å²) < 4.78 is 37.6. The number of fused-ring (bicyclic) bond motifs is 1. The molecule has 224 valence electrons. The molecule has 0 atom stereocenters. The van der Waals surface area contributed by atoms with E-state index in [4.69, 9.17) is 14.6 Å². The van der Waals surface area contributed by atoms with Crippen LogP contribution in [0.2, 0.25) is 0 Å². The molecule has 2 amide bonds. The van der Waals surface area contributed by atoms with E-state index in [1.807, 2.05) is 20.8 Å². The van der Waals surface area contributed by atoms with Gasteiger partial charge in [-0.2, -0.15) is 0 Å². The zero-order valence-corrected chi connectivity index (χ0v) is 24.7. The van der Waals surface area contributed by atoms with Gasteiger partial charge in [0.15, 0.2) is 5.75 Å². The predicted octanol–water partition coefficient (Wildman–Crippen LogP) is 3.31. The van der Waals surface area contributed by atoms with Gasteiger partial charge in [0, 0.05) is 10.9 Å². The van der Waals surface area contributed by atoms with E-state index in [0.29, 0.717) is 22.1 Å². The molecule has 0 radical (unpaired) electrons. The van der Waals surface area contributed by atoms with Crippen LogP contribution in [-0.4, -0.2) is 63.6 Å². The summed E-state index contributed by atoms with van der Waals surface area (Å²) in [5.74, 6) is -3.27. The van der Waals surface area contributed by atoms with Crippen molar-refractivity contribution in [3.63, 3.8) is 0 Å². The van der Waals surface area contributed by atoms with Gasteiger partial charge in [-0.25, -0.2) is 8.42 Å². The van der Waals surface area contributed by atoms with Crippen LogP contribution in [0.3, 0.4) is 0 Å². The molecule has 12 nitrogen and oxygen atoms in total. The van der Waals surface area contributed by atoms with E-state index >= 15 is 0 Å². The summed E-state index contributed by atoms with van der Waals surface area (Å²) in [6.07, 6.45) is 0.343. The third-order valence-electron chi connectivity index (χ3n) is 6.03. The van der Waals surface area contributed by atoms with Crippen molar-refractivity contribution >= 4 is 55.7 Å². The molecule has 4 N–H and O–H groups in total. The number of carbonyl (C=O) groups excluding carboxylic acids is 3. The van der Waals surface area contributed by atoms with Crippen LogP contribution in [0.1, 0.15) is 43.1 Å². The normalized spacial score (nSPS) is 11.5. The van der Waals surface area contributed by atoms with Crippen molar-refractivity contribution in [3.05, 3.63) is 59.7 Å². The number of methoxy groups -OCH3 is 1. The highest BCUT2D eigenvalue weighted by Crippen LogP contribution is 2.39. The second kappa shape index (κ2) is 12.9. The molecule has 0 aliphatic rings. The molecule has 0 unspecified atom stereocenters. The van der Waals surface area contributed by atoms with Gasteiger partial charge >= 0.3 is 5.97 Å². The Kier molecular flexibility index (Phi) is 9.79. The lowest BCUT2D eigenvalue weighted by molar-refractivity contribution is -0.140. The molecule has 0 aliphatic carbocycles. The van der Waals surface area contributed by atoms with Gasteiger partial charge in [0.25, 0.3) is 11.7 Å². The lowest BCUT2D eigenvalue weighted by Gasteiger charge is -2.23. The summed E-state index contributed by atoms with van der Waals surface area (Å²) in [5, 5.41) is 14.7. The molecule has 0 saturated heterocycles. The molecular weight excluding hydrogens is 566 g/mol. The minimum absolute atomic E-state index is 0.0386. The number of amides is 2. The number of Topliss-reactive ketones (excluding diaryl/α,β-unsaturated/α-hetero) is 1. The summed E-state index contributed by atoms with van der Waals surface area (Å²) in [6.45, 7) is 5.84. The van der Waals surface area contributed by atoms with Crippen molar-refractivity contribution in [3.8, 4) is 11.5 Å². The number of nitrogens with one attached hydrogen (secondary N) is 3. The van der Waals surface area contributed by atoms with Crippen molar-refractivity contribution in [2.24, 2.45) is 0 Å². The Morgan fingerprint density at radius 3 is 2.19 bits per heavy atom. The first-order chi connectivity index (χ1) is 19.6. The van der Waals surface area contributed by atoms with Crippen molar-refractivity contribution < 1.29 is 42.2 Å². The van der Waals surface area contributed by atoms with Crippen LogP contribution in [0, 0.1) is 0 Å². The molecule has 0 heterocycles. The van der Waals surface area contributed by atoms with E-state index in [1.165, 1.54) is 19.2 Å². The second-order valence-electron chi connectivity index (χ2n) is 10.4. The summed E-state index contributed by atoms with van der Waals surface area (Å²) in [6, 6.07) is 13.0. The minimum atomic E-state index is -3.69. The van der Waals surface area contributed by atoms with Crippen molar-refractivity contribution in [2.75, 3.05) is 36.6 Å². The number of sulfonamides is 1. The van der Waals surface area contributed by atoms with Crippen molar-refractivity contribution in [2.45, 2.75) is 32.6 Å². The van der Waals surface area contributed by atoms with Gasteiger partial charge in [-0.15, -0.1) is 0 Å². The highest BCUT2D eigenvalue weighted by Gasteiger charge is 2.25. The fourth-order valence-corrected chi connectivity index (χ4v) is 4.65. The van der Waals surface area contributed by atoms with Gasteiger partial charge in [-0.3, -0.25) is 23.9 Å². The summed E-state index contributed by atoms with van der Waals surface area (Å²) >= 11 is 0. The standard InChI is InChI=1S/C29H33N3O9S/c1-29(2,3)17-14-21(27(40-4)22(15-17)32-42(5,38)39)31-28(37)26(36)20-10-11-23(19-9-7-6-8-18(19)20)41-13-12-30-24(33)16-25(34)35/h6-11,14-15,32H,12-13,16H2,1-5H3,(H,30,33)(H,31,37)(H,34,35). The Morgan fingerprint density at radius 2 is 1.60 bits per heavy atom. The molecule has 0 saturated carbocycles. The number of carboxylic acids is 1. The molecule has 0 spiro atoms. The van der Waals surface area contributed by atoms with Gasteiger partial charge in [-0.1, -0.05) is 45.0 Å². The van der Waals surface area contributed by atoms with Crippen molar-refractivity contribution in [1.29, 1.82) is 0 Å². The first-order valence-corrected chi connectivity index (χ1v) is 14.7. The van der Waals surface area contributed by atoms with Crippen LogP contribution in [0.5, 0.6) is 11.5 Å². The molecule has 3 aromatic rings. The highest BCUT2D eigenvalue weighted by atomic mass is 32.2. The van der Waals surface area contributed by atoms with Gasteiger partial charge in [0.1, 0.15) is 18.8 Å². The largest absolute Gasteiger partial charge is 0.492 e. The monoisotopic (exact) mass is 599 g/mol. The Bertz CT molecular complexity index is 1640. The summed E-state index contributed by atoms with van der Waals surface area (Å²) in [4.78, 5) is 48.8. The zero-order chi connectivity index (χ0) is 31.2. The zero-order valence-electron chi connectivity index (χ0n) is 23.9. The number of ketones is 1. The van der Waals surface area contributed by atoms with E-state index in [0.717, 1.165) is 6.26 Å². The van der Waals surface area contributed by atoms with E-state index in [2.05, 4.69) is 15.4 Å². The third kappa shape index (κ3) is 8.19. The average molecular weight is 600 g/mol. The van der Waals surface area contributed by atoms with Crippen LogP contribution in [0.4, 0.5) is 11.4 Å². The number of aliphatic carboxylic acids is 1. The highest BCUT2D eigenvalue weighted by molar-refractivity contribution is 7.92. The summed E-state index contributed by atoms with van der Waals surface area (Å²) in [5.41, 5.74) is 0.577. The average Bonchev–Trinajstić information content (AvgIpc) is 2.88. The number of hydrogen-bond acceptors (Lipinski definition) is 8. The van der Waals surface area contributed by atoms with E-state index in [9.17, 15) is 27.6 Å². The number of hydrogen-bond donors (Lipinski definition) is 4. The number of anilines is 2. The van der Waals surface area contributed by atoms with E-state index < -0.39 is 45.4 Å². The molecule has 0 aliphatic heterocycles. The minimum Gasteiger partial charge on any atom is -0.492 e. The van der Waals surface area contributed by atoms with Crippen LogP contribution < -0.4 is 24.8 Å². The topological polar surface area (TPSA) is 177 Å². The van der Waals surface area contributed by atoms with Crippen LogP contribution in [0.25, 0.3) is 10.8 Å². The molecule has 0 aromatic heterocycles. The SMILES string of the molecule is COc1c(NC(=O)C(=O)c2ccc(OCCNC(=O)CC(=O)O)c3ccccc23)cc(C(C)(C)C)cc1NS(C)(=O)=O.